The Kier molecular flexibility index (Phi) is 6.96. The SMILES string of the molecule is O=S(=O)(CCCN1CCOCC1)N1CCC(c2[nH]nc3ccc(-c4cccc(F)c4)cc23)CC1. The molecule has 0 amide bonds. The molecule has 3 aromatic rings. The van der Waals surface area contributed by atoms with Crippen LogP contribution in [0.5, 0.6) is 0 Å². The topological polar surface area (TPSA) is 78.5 Å². The van der Waals surface area contributed by atoms with E-state index in [0.717, 1.165) is 73.4 Å². The van der Waals surface area contributed by atoms with Crippen molar-refractivity contribution < 1.29 is 17.5 Å². The van der Waals surface area contributed by atoms with Gasteiger partial charge in [-0.25, -0.2) is 17.1 Å². The van der Waals surface area contributed by atoms with E-state index >= 15 is 0 Å². The molecule has 2 fully saturated rings. The number of hydrogen-bond acceptors (Lipinski definition) is 5. The average Bonchev–Trinajstić information content (AvgIpc) is 3.28. The van der Waals surface area contributed by atoms with Gasteiger partial charge in [0.2, 0.25) is 10.0 Å². The Morgan fingerprint density at radius 2 is 1.79 bits per heavy atom. The van der Waals surface area contributed by atoms with Gasteiger partial charge in [0.25, 0.3) is 0 Å². The fourth-order valence-electron chi connectivity index (χ4n) is 5.04. The normalized spacial score (nSPS) is 19.1. The van der Waals surface area contributed by atoms with Gasteiger partial charge in [0.15, 0.2) is 0 Å². The maximum atomic E-state index is 13.7. The number of aromatic nitrogens is 2. The lowest BCUT2D eigenvalue weighted by atomic mass is 9.91. The number of aromatic amines is 1. The van der Waals surface area contributed by atoms with Gasteiger partial charge >= 0.3 is 0 Å². The first-order valence-corrected chi connectivity index (χ1v) is 13.6. The number of halogens is 1. The van der Waals surface area contributed by atoms with Gasteiger partial charge in [-0.05, 0) is 61.2 Å². The van der Waals surface area contributed by atoms with E-state index in [1.165, 1.54) is 12.1 Å². The predicted octanol–water partition coefficient (Wildman–Crippen LogP) is 3.60. The molecule has 1 aromatic heterocycles. The maximum Gasteiger partial charge on any atom is 0.214 e. The zero-order valence-corrected chi connectivity index (χ0v) is 20.1. The largest absolute Gasteiger partial charge is 0.379 e. The van der Waals surface area contributed by atoms with E-state index in [2.05, 4.69) is 21.2 Å². The second-order valence-electron chi connectivity index (χ2n) is 9.18. The lowest BCUT2D eigenvalue weighted by Crippen LogP contribution is -2.41. The Balaban J connectivity index is 1.22. The third-order valence-electron chi connectivity index (χ3n) is 6.98. The number of sulfonamides is 1. The number of nitrogens with zero attached hydrogens (tertiary/aromatic N) is 3. The van der Waals surface area contributed by atoms with E-state index in [9.17, 15) is 12.8 Å². The number of ether oxygens (including phenoxy) is 1. The molecular formula is C25H31FN4O3S. The van der Waals surface area contributed by atoms with Crippen molar-refractivity contribution in [2.45, 2.75) is 25.2 Å². The smallest absolute Gasteiger partial charge is 0.214 e. The molecule has 0 spiro atoms. The molecule has 3 heterocycles. The lowest BCUT2D eigenvalue weighted by molar-refractivity contribution is 0.0380. The zero-order chi connectivity index (χ0) is 23.5. The van der Waals surface area contributed by atoms with E-state index in [-0.39, 0.29) is 17.5 Å². The summed E-state index contributed by atoms with van der Waals surface area (Å²) in [5.74, 6) is 0.148. The molecule has 0 aliphatic carbocycles. The number of rotatable bonds is 7. The van der Waals surface area contributed by atoms with Crippen LogP contribution in [-0.2, 0) is 14.8 Å². The summed E-state index contributed by atoms with van der Waals surface area (Å²) >= 11 is 0. The molecule has 0 bridgehead atoms. The van der Waals surface area contributed by atoms with Crippen LogP contribution in [0.1, 0.15) is 30.9 Å². The van der Waals surface area contributed by atoms with Crippen molar-refractivity contribution in [2.75, 3.05) is 51.7 Å². The monoisotopic (exact) mass is 486 g/mol. The second kappa shape index (κ2) is 10.1. The van der Waals surface area contributed by atoms with Crippen molar-refractivity contribution >= 4 is 20.9 Å². The Bertz CT molecular complexity index is 1230. The van der Waals surface area contributed by atoms with E-state index in [1.54, 1.807) is 10.4 Å². The highest BCUT2D eigenvalue weighted by Gasteiger charge is 2.30. The fourth-order valence-corrected chi connectivity index (χ4v) is 6.56. The summed E-state index contributed by atoms with van der Waals surface area (Å²) in [5.41, 5.74) is 3.67. The van der Waals surface area contributed by atoms with Crippen LogP contribution in [0.4, 0.5) is 4.39 Å². The van der Waals surface area contributed by atoms with Gasteiger partial charge < -0.3 is 4.74 Å². The van der Waals surface area contributed by atoms with Crippen molar-refractivity contribution in [1.29, 1.82) is 0 Å². The summed E-state index contributed by atoms with van der Waals surface area (Å²) in [4.78, 5) is 2.27. The highest BCUT2D eigenvalue weighted by Crippen LogP contribution is 2.34. The number of H-pyrrole nitrogens is 1. The van der Waals surface area contributed by atoms with Crippen molar-refractivity contribution in [1.82, 2.24) is 19.4 Å². The predicted molar refractivity (Wildman–Crippen MR) is 131 cm³/mol. The second-order valence-corrected chi connectivity index (χ2v) is 11.3. The van der Waals surface area contributed by atoms with Crippen LogP contribution in [0, 0.1) is 5.82 Å². The fraction of sp³-hybridized carbons (Fsp3) is 0.480. The van der Waals surface area contributed by atoms with Gasteiger partial charge in [0.1, 0.15) is 5.82 Å². The number of benzene rings is 2. The van der Waals surface area contributed by atoms with Crippen LogP contribution < -0.4 is 0 Å². The van der Waals surface area contributed by atoms with Crippen molar-refractivity contribution in [2.24, 2.45) is 0 Å². The Morgan fingerprint density at radius 3 is 2.56 bits per heavy atom. The molecule has 2 aliphatic rings. The molecule has 2 aromatic carbocycles. The molecule has 2 aliphatic heterocycles. The highest BCUT2D eigenvalue weighted by atomic mass is 32.2. The first kappa shape index (κ1) is 23.4. The lowest BCUT2D eigenvalue weighted by Gasteiger charge is -2.31. The van der Waals surface area contributed by atoms with Crippen molar-refractivity contribution in [3.63, 3.8) is 0 Å². The minimum absolute atomic E-state index is 0.193. The molecule has 0 unspecified atom stereocenters. The summed E-state index contributed by atoms with van der Waals surface area (Å²) in [6, 6.07) is 12.5. The Hall–Kier alpha value is -2.33. The van der Waals surface area contributed by atoms with Crippen LogP contribution in [0.25, 0.3) is 22.0 Å². The highest BCUT2D eigenvalue weighted by molar-refractivity contribution is 7.89. The molecule has 0 saturated carbocycles. The van der Waals surface area contributed by atoms with E-state index in [1.807, 2.05) is 18.2 Å². The van der Waals surface area contributed by atoms with E-state index in [0.29, 0.717) is 19.5 Å². The van der Waals surface area contributed by atoms with E-state index in [4.69, 9.17) is 4.74 Å². The summed E-state index contributed by atoms with van der Waals surface area (Å²) in [6.45, 7) is 5.06. The summed E-state index contributed by atoms with van der Waals surface area (Å²) in [6.07, 6.45) is 2.16. The number of hydrogen-bond donors (Lipinski definition) is 1. The quantitative estimate of drug-likeness (QED) is 0.552. The standard InChI is InChI=1S/C25H31FN4O3S/c26-22-4-1-3-20(17-22)21-5-6-24-23(18-21)25(28-27-24)19-7-10-30(11-8-19)34(31,32)16-2-9-29-12-14-33-15-13-29/h1,3-6,17-19H,2,7-16H2,(H,27,28). The van der Waals surface area contributed by atoms with Crippen LogP contribution in [0.3, 0.4) is 0 Å². The first-order valence-electron chi connectivity index (χ1n) is 12.0. The van der Waals surface area contributed by atoms with Gasteiger partial charge in [-0.2, -0.15) is 5.10 Å². The van der Waals surface area contributed by atoms with Gasteiger partial charge in [-0.1, -0.05) is 18.2 Å². The maximum absolute atomic E-state index is 13.7. The molecule has 7 nitrogen and oxygen atoms in total. The molecule has 9 heteroatoms. The van der Waals surface area contributed by atoms with Gasteiger partial charge in [0, 0.05) is 43.2 Å². The summed E-state index contributed by atoms with van der Waals surface area (Å²) < 4.78 is 46.5. The minimum atomic E-state index is -3.25. The molecule has 2 saturated heterocycles. The van der Waals surface area contributed by atoms with Gasteiger partial charge in [-0.15, -0.1) is 0 Å². The summed E-state index contributed by atoms with van der Waals surface area (Å²) in [7, 11) is -3.25. The first-order chi connectivity index (χ1) is 16.5. The van der Waals surface area contributed by atoms with Crippen molar-refractivity contribution in [3.05, 3.63) is 54.0 Å². The van der Waals surface area contributed by atoms with Gasteiger partial charge in [0.05, 0.1) is 24.5 Å². The number of fused-ring (bicyclic) bond motifs is 1. The molecular weight excluding hydrogens is 455 g/mol. The van der Waals surface area contributed by atoms with Crippen LogP contribution >= 0.6 is 0 Å². The summed E-state index contributed by atoms with van der Waals surface area (Å²) in [5, 5.41) is 8.67. The van der Waals surface area contributed by atoms with Crippen LogP contribution in [0.2, 0.25) is 0 Å². The third-order valence-corrected chi connectivity index (χ3v) is 8.93. The van der Waals surface area contributed by atoms with Crippen molar-refractivity contribution in [3.8, 4) is 11.1 Å². The number of nitrogens with one attached hydrogen (secondary N) is 1. The molecule has 0 radical (unpaired) electrons. The molecule has 182 valence electrons. The van der Waals surface area contributed by atoms with Crippen LogP contribution in [-0.4, -0.2) is 79.5 Å². The Labute approximate surface area is 199 Å². The van der Waals surface area contributed by atoms with E-state index < -0.39 is 10.0 Å². The third kappa shape index (κ3) is 5.17. The van der Waals surface area contributed by atoms with Gasteiger partial charge in [-0.3, -0.25) is 10.00 Å². The molecule has 1 N–H and O–H groups in total. The molecule has 0 atom stereocenters. The molecule has 34 heavy (non-hydrogen) atoms. The zero-order valence-electron chi connectivity index (χ0n) is 19.2. The minimum Gasteiger partial charge on any atom is -0.379 e. The van der Waals surface area contributed by atoms with Crippen LogP contribution in [0.15, 0.2) is 42.5 Å². The number of piperidine rings is 1. The number of morpholine rings is 1. The molecule has 5 rings (SSSR count). The average molecular weight is 487 g/mol. The Morgan fingerprint density at radius 1 is 1.03 bits per heavy atom.